The largest absolute Gasteiger partial charge is 0.0625 e. The standard InChI is InChI=1S/C19H32/c1-13-8-9-17(2)11-19(4)12-18(3,10-13)15-7-5-6-14(17)16(15)19/h13-16H,5-12H2,1-4H3. The summed E-state index contributed by atoms with van der Waals surface area (Å²) in [6, 6.07) is 0. The highest BCUT2D eigenvalue weighted by Crippen LogP contribution is 2.75. The Hall–Kier alpha value is 0. The first-order chi connectivity index (χ1) is 8.86. The molecule has 19 heavy (non-hydrogen) atoms. The smallest absolute Gasteiger partial charge is 0.0281 e. The Morgan fingerprint density at radius 1 is 0.789 bits per heavy atom. The first kappa shape index (κ1) is 12.7. The molecule has 0 spiro atoms. The molecule has 0 aromatic heterocycles. The summed E-state index contributed by atoms with van der Waals surface area (Å²) < 4.78 is 0. The van der Waals surface area contributed by atoms with Gasteiger partial charge in [-0.15, -0.1) is 0 Å². The zero-order valence-corrected chi connectivity index (χ0v) is 13.5. The quantitative estimate of drug-likeness (QED) is 0.527. The summed E-state index contributed by atoms with van der Waals surface area (Å²) >= 11 is 0. The van der Waals surface area contributed by atoms with Crippen LogP contribution in [-0.2, 0) is 0 Å². The Kier molecular flexibility index (Phi) is 2.41. The topological polar surface area (TPSA) is 0 Å². The number of fused-ring (bicyclic) bond motifs is 3. The highest BCUT2D eigenvalue weighted by atomic mass is 14.7. The molecule has 7 atom stereocenters. The molecule has 0 radical (unpaired) electrons. The first-order valence-electron chi connectivity index (χ1n) is 8.86. The molecule has 7 unspecified atom stereocenters. The second-order valence-electron chi connectivity index (χ2n) is 9.83. The average molecular weight is 260 g/mol. The molecule has 0 aromatic rings. The van der Waals surface area contributed by atoms with Gasteiger partial charge in [-0.2, -0.15) is 0 Å². The highest BCUT2D eigenvalue weighted by Gasteiger charge is 2.67. The van der Waals surface area contributed by atoms with Crippen LogP contribution in [0.4, 0.5) is 0 Å². The van der Waals surface area contributed by atoms with Crippen LogP contribution < -0.4 is 0 Å². The molecular weight excluding hydrogens is 228 g/mol. The van der Waals surface area contributed by atoms with Gasteiger partial charge in [0, 0.05) is 0 Å². The van der Waals surface area contributed by atoms with Crippen molar-refractivity contribution in [2.24, 2.45) is 39.9 Å². The lowest BCUT2D eigenvalue weighted by Gasteiger charge is -2.43. The average Bonchev–Trinajstić information content (AvgIpc) is 2.69. The van der Waals surface area contributed by atoms with Crippen molar-refractivity contribution in [3.63, 3.8) is 0 Å². The molecule has 0 heterocycles. The molecule has 5 rings (SSSR count). The van der Waals surface area contributed by atoms with Gasteiger partial charge < -0.3 is 0 Å². The Morgan fingerprint density at radius 3 is 2.16 bits per heavy atom. The van der Waals surface area contributed by atoms with Crippen molar-refractivity contribution in [1.29, 1.82) is 0 Å². The van der Waals surface area contributed by atoms with Crippen molar-refractivity contribution < 1.29 is 0 Å². The number of rotatable bonds is 0. The molecule has 0 heteroatoms. The molecular formula is C19H32. The van der Waals surface area contributed by atoms with E-state index in [1.165, 1.54) is 25.7 Å². The van der Waals surface area contributed by atoms with E-state index in [0.717, 1.165) is 23.7 Å². The van der Waals surface area contributed by atoms with Crippen molar-refractivity contribution >= 4 is 0 Å². The molecule has 5 aliphatic carbocycles. The lowest BCUT2D eigenvalue weighted by Crippen LogP contribution is -2.36. The zero-order chi connectivity index (χ0) is 13.5. The second kappa shape index (κ2) is 3.60. The molecule has 0 amide bonds. The molecule has 5 saturated carbocycles. The van der Waals surface area contributed by atoms with E-state index in [2.05, 4.69) is 27.7 Å². The zero-order valence-electron chi connectivity index (χ0n) is 13.5. The van der Waals surface area contributed by atoms with Gasteiger partial charge in [0.1, 0.15) is 0 Å². The Bertz CT molecular complexity index is 397. The van der Waals surface area contributed by atoms with Gasteiger partial charge in [-0.1, -0.05) is 40.5 Å². The number of hydrogen-bond acceptors (Lipinski definition) is 0. The maximum Gasteiger partial charge on any atom is -0.0281 e. The summed E-state index contributed by atoms with van der Waals surface area (Å²) in [5, 5.41) is 0. The van der Waals surface area contributed by atoms with Gasteiger partial charge in [0.15, 0.2) is 0 Å². The monoisotopic (exact) mass is 260 g/mol. The third kappa shape index (κ3) is 1.52. The van der Waals surface area contributed by atoms with Gasteiger partial charge in [0.25, 0.3) is 0 Å². The van der Waals surface area contributed by atoms with Crippen molar-refractivity contribution in [1.82, 2.24) is 0 Å². The van der Waals surface area contributed by atoms with E-state index in [1.807, 2.05) is 0 Å². The van der Waals surface area contributed by atoms with E-state index in [4.69, 9.17) is 0 Å². The minimum atomic E-state index is 0.684. The van der Waals surface area contributed by atoms with E-state index < -0.39 is 0 Å². The van der Waals surface area contributed by atoms with Crippen LogP contribution in [0.5, 0.6) is 0 Å². The van der Waals surface area contributed by atoms with Crippen LogP contribution in [0.1, 0.15) is 79.1 Å². The Labute approximate surface area is 119 Å². The summed E-state index contributed by atoms with van der Waals surface area (Å²) in [6.07, 6.45) is 12.3. The molecule has 108 valence electrons. The molecule has 5 aliphatic rings. The minimum Gasteiger partial charge on any atom is -0.0625 e. The Morgan fingerprint density at radius 2 is 1.42 bits per heavy atom. The van der Waals surface area contributed by atoms with E-state index in [0.29, 0.717) is 16.2 Å². The summed E-state index contributed by atoms with van der Waals surface area (Å²) in [6.45, 7) is 10.5. The van der Waals surface area contributed by atoms with Gasteiger partial charge in [0.2, 0.25) is 0 Å². The minimum absolute atomic E-state index is 0.684. The third-order valence-corrected chi connectivity index (χ3v) is 8.13. The van der Waals surface area contributed by atoms with Crippen LogP contribution in [0.25, 0.3) is 0 Å². The van der Waals surface area contributed by atoms with Crippen LogP contribution in [0.15, 0.2) is 0 Å². The maximum absolute atomic E-state index is 2.68. The summed E-state index contributed by atoms with van der Waals surface area (Å²) in [7, 11) is 0. The fourth-order valence-corrected chi connectivity index (χ4v) is 8.11. The van der Waals surface area contributed by atoms with Crippen LogP contribution >= 0.6 is 0 Å². The van der Waals surface area contributed by atoms with Crippen LogP contribution in [0, 0.1) is 39.9 Å². The van der Waals surface area contributed by atoms with Gasteiger partial charge in [-0.3, -0.25) is 0 Å². The SMILES string of the molecule is CC1CCC2(C)CC3(C)CC(C)(C1)C1CCCC2C13. The van der Waals surface area contributed by atoms with E-state index >= 15 is 0 Å². The van der Waals surface area contributed by atoms with E-state index in [9.17, 15) is 0 Å². The van der Waals surface area contributed by atoms with Crippen molar-refractivity contribution in [2.45, 2.75) is 79.1 Å². The van der Waals surface area contributed by atoms with Crippen LogP contribution in [0.3, 0.4) is 0 Å². The van der Waals surface area contributed by atoms with Crippen LogP contribution in [0.2, 0.25) is 0 Å². The second-order valence-corrected chi connectivity index (χ2v) is 9.83. The lowest BCUT2D eigenvalue weighted by atomic mass is 9.61. The Balaban J connectivity index is 1.86. The fraction of sp³-hybridized carbons (Fsp3) is 1.00. The summed E-state index contributed by atoms with van der Waals surface area (Å²) in [5.74, 6) is 4.19. The molecule has 5 fully saturated rings. The van der Waals surface area contributed by atoms with Gasteiger partial charge in [-0.25, -0.2) is 0 Å². The molecule has 0 nitrogen and oxygen atoms in total. The van der Waals surface area contributed by atoms with E-state index in [-0.39, 0.29) is 0 Å². The predicted molar refractivity (Wildman–Crippen MR) is 80.9 cm³/mol. The summed E-state index contributed by atoms with van der Waals surface area (Å²) in [5.41, 5.74) is 2.07. The van der Waals surface area contributed by atoms with Crippen molar-refractivity contribution in [3.05, 3.63) is 0 Å². The van der Waals surface area contributed by atoms with Gasteiger partial charge in [-0.05, 0) is 78.4 Å². The maximum atomic E-state index is 2.68. The highest BCUT2D eigenvalue weighted by molar-refractivity contribution is 5.16. The van der Waals surface area contributed by atoms with Gasteiger partial charge >= 0.3 is 0 Å². The molecule has 0 saturated heterocycles. The van der Waals surface area contributed by atoms with Gasteiger partial charge in [0.05, 0.1) is 0 Å². The lowest BCUT2D eigenvalue weighted by molar-refractivity contribution is 0.0555. The number of hydrogen-bond donors (Lipinski definition) is 0. The fourth-order valence-electron chi connectivity index (χ4n) is 8.11. The molecule has 6 bridgehead atoms. The molecule has 0 N–H and O–H groups in total. The normalized spacial score (nSPS) is 63.8. The van der Waals surface area contributed by atoms with Crippen LogP contribution in [-0.4, -0.2) is 0 Å². The third-order valence-electron chi connectivity index (χ3n) is 8.13. The predicted octanol–water partition coefficient (Wildman–Crippen LogP) is 5.67. The van der Waals surface area contributed by atoms with E-state index in [1.54, 1.807) is 25.7 Å². The first-order valence-corrected chi connectivity index (χ1v) is 8.86. The molecule has 0 aliphatic heterocycles. The summed E-state index contributed by atoms with van der Waals surface area (Å²) in [4.78, 5) is 0. The van der Waals surface area contributed by atoms with Crippen molar-refractivity contribution in [2.75, 3.05) is 0 Å². The van der Waals surface area contributed by atoms with Crippen molar-refractivity contribution in [3.8, 4) is 0 Å². The molecule has 0 aromatic carbocycles.